The van der Waals surface area contributed by atoms with E-state index in [1.54, 1.807) is 0 Å². The lowest BCUT2D eigenvalue weighted by Gasteiger charge is -2.28. The van der Waals surface area contributed by atoms with Crippen LogP contribution in [0.4, 0.5) is 0 Å². The molecule has 0 unspecified atom stereocenters. The third kappa shape index (κ3) is 2.27. The van der Waals surface area contributed by atoms with Crippen LogP contribution < -0.4 is 5.32 Å². The highest BCUT2D eigenvalue weighted by Gasteiger charge is 2.47. The van der Waals surface area contributed by atoms with Crippen LogP contribution in [-0.2, 0) is 0 Å². The van der Waals surface area contributed by atoms with Gasteiger partial charge in [0.2, 0.25) is 0 Å². The summed E-state index contributed by atoms with van der Waals surface area (Å²) < 4.78 is 0. The molecule has 0 saturated carbocycles. The quantitative estimate of drug-likeness (QED) is 0.892. The molecule has 5 heteroatoms. The predicted molar refractivity (Wildman–Crippen MR) is 88.1 cm³/mol. The first-order valence-corrected chi connectivity index (χ1v) is 8.25. The van der Waals surface area contributed by atoms with Crippen LogP contribution >= 0.6 is 0 Å². The maximum Gasteiger partial charge on any atom is 0.258 e. The zero-order valence-electron chi connectivity index (χ0n) is 13.5. The predicted octanol–water partition coefficient (Wildman–Crippen LogP) is 2.06. The summed E-state index contributed by atoms with van der Waals surface area (Å²) in [4.78, 5) is 15.3. The zero-order valence-corrected chi connectivity index (χ0v) is 13.5. The average Bonchev–Trinajstić information content (AvgIpc) is 3.22. The number of hydrogen-bond donors (Lipinski definition) is 2. The van der Waals surface area contributed by atoms with Crippen molar-refractivity contribution in [3.8, 4) is 0 Å². The number of nitrogens with zero attached hydrogens (tertiary/aromatic N) is 2. The van der Waals surface area contributed by atoms with Crippen LogP contribution in [0.25, 0.3) is 0 Å². The molecule has 0 aliphatic carbocycles. The largest absolute Gasteiger partial charge is 0.331 e. The average molecular weight is 310 g/mol. The third-order valence-electron chi connectivity index (χ3n) is 5.31. The second-order valence-corrected chi connectivity index (χ2v) is 6.70. The number of fused-ring (bicyclic) bond motifs is 1. The van der Waals surface area contributed by atoms with Crippen molar-refractivity contribution in [3.63, 3.8) is 0 Å². The second-order valence-electron chi connectivity index (χ2n) is 6.70. The summed E-state index contributed by atoms with van der Waals surface area (Å²) in [6.45, 7) is 6.62. The Hall–Kier alpha value is -2.14. The van der Waals surface area contributed by atoms with E-state index in [-0.39, 0.29) is 11.9 Å². The molecule has 120 valence electrons. The Morgan fingerprint density at radius 2 is 2.00 bits per heavy atom. The number of H-pyrrole nitrogens is 1. The molecule has 1 aromatic carbocycles. The Bertz CT molecular complexity index is 704. The maximum atomic E-state index is 13.2. The fraction of sp³-hybridized carbons (Fsp3) is 0.444. The number of amides is 1. The van der Waals surface area contributed by atoms with E-state index < -0.39 is 0 Å². The number of aryl methyl sites for hydroxylation is 2. The number of nitrogens with one attached hydrogen (secondary N) is 2. The number of benzene rings is 1. The van der Waals surface area contributed by atoms with Gasteiger partial charge in [-0.3, -0.25) is 9.89 Å². The molecule has 1 aromatic heterocycles. The van der Waals surface area contributed by atoms with Gasteiger partial charge >= 0.3 is 0 Å². The van der Waals surface area contributed by atoms with E-state index in [0.29, 0.717) is 11.8 Å². The van der Waals surface area contributed by atoms with E-state index in [0.717, 1.165) is 36.6 Å². The lowest BCUT2D eigenvalue weighted by atomic mass is 9.89. The van der Waals surface area contributed by atoms with Crippen molar-refractivity contribution in [1.82, 2.24) is 20.4 Å². The normalized spacial score (nSPS) is 26.5. The molecule has 2 N–H and O–H groups in total. The fourth-order valence-corrected chi connectivity index (χ4v) is 4.22. The van der Waals surface area contributed by atoms with E-state index in [1.807, 2.05) is 19.9 Å². The molecule has 1 amide bonds. The van der Waals surface area contributed by atoms with Gasteiger partial charge in [0, 0.05) is 31.2 Å². The molecule has 5 nitrogen and oxygen atoms in total. The smallest absolute Gasteiger partial charge is 0.258 e. The topological polar surface area (TPSA) is 61.0 Å². The van der Waals surface area contributed by atoms with E-state index in [2.05, 4.69) is 44.7 Å². The summed E-state index contributed by atoms with van der Waals surface area (Å²) >= 11 is 0. The van der Waals surface area contributed by atoms with E-state index in [4.69, 9.17) is 0 Å². The summed E-state index contributed by atoms with van der Waals surface area (Å²) in [5.41, 5.74) is 3.61. The van der Waals surface area contributed by atoms with Crippen molar-refractivity contribution in [1.29, 1.82) is 0 Å². The van der Waals surface area contributed by atoms with Crippen molar-refractivity contribution >= 4 is 5.91 Å². The Balaban J connectivity index is 1.73. The van der Waals surface area contributed by atoms with Gasteiger partial charge in [-0.05, 0) is 25.3 Å². The van der Waals surface area contributed by atoms with Crippen LogP contribution in [0.15, 0.2) is 30.3 Å². The van der Waals surface area contributed by atoms with Crippen LogP contribution in [0.5, 0.6) is 0 Å². The first-order chi connectivity index (χ1) is 11.2. The van der Waals surface area contributed by atoms with Crippen molar-refractivity contribution < 1.29 is 4.79 Å². The van der Waals surface area contributed by atoms with Gasteiger partial charge < -0.3 is 10.2 Å². The van der Waals surface area contributed by atoms with Crippen molar-refractivity contribution in [2.45, 2.75) is 19.9 Å². The van der Waals surface area contributed by atoms with Crippen LogP contribution in [0, 0.1) is 25.7 Å². The minimum absolute atomic E-state index is 0.108. The number of hydrogen-bond acceptors (Lipinski definition) is 3. The maximum absolute atomic E-state index is 13.2. The Morgan fingerprint density at radius 3 is 2.70 bits per heavy atom. The standard InChI is InChI=1S/C18H22N4O/c1-11-16(12(2)21-20-11)18(23)22-10-14-8-19-9-15(14)17(22)13-6-4-3-5-7-13/h3-7,14-15,17,19H,8-10H2,1-2H3,(H,20,21)/t14-,15-,17+/m0/s1. The third-order valence-corrected chi connectivity index (χ3v) is 5.31. The molecule has 2 aliphatic heterocycles. The highest BCUT2D eigenvalue weighted by Crippen LogP contribution is 2.43. The zero-order chi connectivity index (χ0) is 16.0. The van der Waals surface area contributed by atoms with Crippen molar-refractivity contribution in [2.24, 2.45) is 11.8 Å². The summed E-state index contributed by atoms with van der Waals surface area (Å²) in [5.74, 6) is 1.14. The van der Waals surface area contributed by atoms with Gasteiger partial charge in [-0.2, -0.15) is 5.10 Å². The summed E-state index contributed by atoms with van der Waals surface area (Å²) in [7, 11) is 0. The molecule has 2 aromatic rings. The van der Waals surface area contributed by atoms with Crippen LogP contribution in [0.2, 0.25) is 0 Å². The Labute approximate surface area is 136 Å². The van der Waals surface area contributed by atoms with Crippen LogP contribution in [0.3, 0.4) is 0 Å². The molecule has 3 atom stereocenters. The monoisotopic (exact) mass is 310 g/mol. The van der Waals surface area contributed by atoms with Gasteiger partial charge in [-0.15, -0.1) is 0 Å². The minimum Gasteiger partial charge on any atom is -0.331 e. The number of carbonyl (C=O) groups is 1. The van der Waals surface area contributed by atoms with Gasteiger partial charge in [-0.1, -0.05) is 30.3 Å². The summed E-state index contributed by atoms with van der Waals surface area (Å²) in [5, 5.41) is 10.6. The molecule has 3 heterocycles. The van der Waals surface area contributed by atoms with Crippen LogP contribution in [0.1, 0.15) is 33.4 Å². The first kappa shape index (κ1) is 14.5. The second kappa shape index (κ2) is 5.49. The van der Waals surface area contributed by atoms with Gasteiger partial charge in [0.05, 0.1) is 17.3 Å². The molecule has 2 aliphatic rings. The van der Waals surface area contributed by atoms with Crippen molar-refractivity contribution in [2.75, 3.05) is 19.6 Å². The fourth-order valence-electron chi connectivity index (χ4n) is 4.22. The van der Waals surface area contributed by atoms with Gasteiger partial charge in [0.15, 0.2) is 0 Å². The highest BCUT2D eigenvalue weighted by molar-refractivity contribution is 5.96. The van der Waals surface area contributed by atoms with Crippen molar-refractivity contribution in [3.05, 3.63) is 52.8 Å². The molecule has 4 rings (SSSR count). The van der Waals surface area contributed by atoms with Gasteiger partial charge in [0.25, 0.3) is 5.91 Å². The van der Waals surface area contributed by atoms with E-state index >= 15 is 0 Å². The van der Waals surface area contributed by atoms with E-state index in [9.17, 15) is 4.79 Å². The summed E-state index contributed by atoms with van der Waals surface area (Å²) in [6.07, 6.45) is 0. The molecular weight excluding hydrogens is 288 g/mol. The highest BCUT2D eigenvalue weighted by atomic mass is 16.2. The summed E-state index contributed by atoms with van der Waals surface area (Å²) in [6, 6.07) is 10.6. The van der Waals surface area contributed by atoms with E-state index in [1.165, 1.54) is 5.56 Å². The molecule has 0 bridgehead atoms. The van der Waals surface area contributed by atoms with Crippen LogP contribution in [-0.4, -0.2) is 40.6 Å². The molecule has 0 spiro atoms. The molecule has 2 saturated heterocycles. The first-order valence-electron chi connectivity index (χ1n) is 8.25. The lowest BCUT2D eigenvalue weighted by molar-refractivity contribution is 0.0712. The molecule has 2 fully saturated rings. The Kier molecular flexibility index (Phi) is 3.45. The number of aromatic amines is 1. The molecular formula is C18H22N4O. The number of likely N-dealkylation sites (tertiary alicyclic amines) is 1. The lowest BCUT2D eigenvalue weighted by Crippen LogP contribution is -2.35. The number of aromatic nitrogens is 2. The molecule has 23 heavy (non-hydrogen) atoms. The molecule has 0 radical (unpaired) electrons. The Morgan fingerprint density at radius 1 is 1.22 bits per heavy atom. The van der Waals surface area contributed by atoms with Gasteiger partial charge in [0.1, 0.15) is 0 Å². The SMILES string of the molecule is Cc1n[nH]c(C)c1C(=O)N1C[C@@H]2CNC[C@@H]2[C@H]1c1ccccc1. The van der Waals surface area contributed by atoms with Gasteiger partial charge in [-0.25, -0.2) is 0 Å². The number of carbonyl (C=O) groups excluding carboxylic acids is 1. The minimum atomic E-state index is 0.108. The number of rotatable bonds is 2.